The molecule has 0 unspecified atom stereocenters. The Morgan fingerprint density at radius 2 is 1.52 bits per heavy atom. The van der Waals surface area contributed by atoms with E-state index in [-0.39, 0.29) is 42.9 Å². The molecule has 7 nitrogen and oxygen atoms in total. The van der Waals surface area contributed by atoms with Crippen LogP contribution in [0.4, 0.5) is 10.5 Å². The van der Waals surface area contributed by atoms with Crippen LogP contribution >= 0.6 is 0 Å². The van der Waals surface area contributed by atoms with Gasteiger partial charge in [-0.05, 0) is 88.2 Å². The van der Waals surface area contributed by atoms with E-state index in [9.17, 15) is 14.4 Å². The lowest BCUT2D eigenvalue weighted by Gasteiger charge is -2.56. The van der Waals surface area contributed by atoms with Crippen molar-refractivity contribution in [2.24, 2.45) is 17.8 Å². The Hall–Kier alpha value is -2.57. The van der Waals surface area contributed by atoms with Gasteiger partial charge in [0.15, 0.2) is 0 Å². The van der Waals surface area contributed by atoms with Crippen molar-refractivity contribution in [1.82, 2.24) is 15.5 Å². The third kappa shape index (κ3) is 5.50. The average Bonchev–Trinajstić information content (AvgIpc) is 2.69. The molecule has 0 heterocycles. The summed E-state index contributed by atoms with van der Waals surface area (Å²) in [5.41, 5.74) is 3.92. The summed E-state index contributed by atoms with van der Waals surface area (Å²) in [5.74, 6) is 1.91. The standard InChI is InChI=1S/C26H38N4O3/c1-16-7-17(2)24(18(3)8-16)28-22(31)15-30(4)23(32)5-6-27-25(33)29-26-12-19-9-20(13-26)11-21(10-19)14-26/h7-8,19-21H,5-6,9-15H2,1-4H3,(H,28,31)(H2,27,29,33). The second-order valence-corrected chi connectivity index (χ2v) is 10.9. The Morgan fingerprint density at radius 1 is 0.970 bits per heavy atom. The highest BCUT2D eigenvalue weighted by Crippen LogP contribution is 2.55. The molecule has 0 radical (unpaired) electrons. The molecule has 180 valence electrons. The molecule has 1 aromatic carbocycles. The summed E-state index contributed by atoms with van der Waals surface area (Å²) in [6, 6.07) is 3.88. The number of carbonyl (C=O) groups excluding carboxylic acids is 3. The summed E-state index contributed by atoms with van der Waals surface area (Å²) < 4.78 is 0. The molecule has 0 aromatic heterocycles. The number of aryl methyl sites for hydroxylation is 3. The van der Waals surface area contributed by atoms with E-state index in [1.807, 2.05) is 32.9 Å². The lowest BCUT2D eigenvalue weighted by atomic mass is 9.53. The number of anilines is 1. The zero-order chi connectivity index (χ0) is 23.8. The maximum Gasteiger partial charge on any atom is 0.315 e. The van der Waals surface area contributed by atoms with E-state index in [1.54, 1.807) is 7.05 Å². The summed E-state index contributed by atoms with van der Waals surface area (Å²) in [7, 11) is 1.62. The quantitative estimate of drug-likeness (QED) is 0.587. The Balaban J connectivity index is 1.19. The average molecular weight is 455 g/mol. The molecular formula is C26H38N4O3. The van der Waals surface area contributed by atoms with Gasteiger partial charge in [-0.1, -0.05) is 17.7 Å². The number of amides is 4. The molecule has 5 rings (SSSR count). The molecule has 1 aromatic rings. The molecule has 4 fully saturated rings. The third-order valence-corrected chi connectivity index (χ3v) is 7.79. The number of benzene rings is 1. The van der Waals surface area contributed by atoms with Crippen molar-refractivity contribution < 1.29 is 14.4 Å². The van der Waals surface area contributed by atoms with Crippen LogP contribution in [0.5, 0.6) is 0 Å². The van der Waals surface area contributed by atoms with Crippen LogP contribution in [0.1, 0.15) is 61.6 Å². The van der Waals surface area contributed by atoms with Crippen molar-refractivity contribution in [2.45, 2.75) is 71.3 Å². The first-order valence-corrected chi connectivity index (χ1v) is 12.3. The van der Waals surface area contributed by atoms with Crippen molar-refractivity contribution in [3.8, 4) is 0 Å². The molecule has 0 spiro atoms. The summed E-state index contributed by atoms with van der Waals surface area (Å²) in [4.78, 5) is 38.9. The van der Waals surface area contributed by atoms with Crippen molar-refractivity contribution in [1.29, 1.82) is 0 Å². The minimum absolute atomic E-state index is 0.0228. The molecule has 33 heavy (non-hydrogen) atoms. The van der Waals surface area contributed by atoms with Crippen LogP contribution in [0.2, 0.25) is 0 Å². The van der Waals surface area contributed by atoms with Gasteiger partial charge >= 0.3 is 6.03 Å². The lowest BCUT2D eigenvalue weighted by Crippen LogP contribution is -2.61. The Kier molecular flexibility index (Phi) is 6.68. The number of rotatable bonds is 7. The molecule has 3 N–H and O–H groups in total. The van der Waals surface area contributed by atoms with E-state index in [2.05, 4.69) is 16.0 Å². The minimum atomic E-state index is -0.228. The summed E-state index contributed by atoms with van der Waals surface area (Å²) in [6.45, 7) is 6.19. The predicted octanol–water partition coefficient (Wildman–Crippen LogP) is 3.67. The second-order valence-electron chi connectivity index (χ2n) is 10.9. The fourth-order valence-corrected chi connectivity index (χ4v) is 6.88. The molecule has 4 saturated carbocycles. The van der Waals surface area contributed by atoms with Gasteiger partial charge in [0.25, 0.3) is 0 Å². The van der Waals surface area contributed by atoms with E-state index in [0.29, 0.717) is 0 Å². The molecular weight excluding hydrogens is 416 g/mol. The first-order valence-electron chi connectivity index (χ1n) is 12.3. The van der Waals surface area contributed by atoms with E-state index in [0.717, 1.165) is 59.4 Å². The molecule has 7 heteroatoms. The van der Waals surface area contributed by atoms with Gasteiger partial charge in [0.2, 0.25) is 11.8 Å². The van der Waals surface area contributed by atoms with E-state index >= 15 is 0 Å². The topological polar surface area (TPSA) is 90.5 Å². The zero-order valence-electron chi connectivity index (χ0n) is 20.4. The number of nitrogens with one attached hydrogen (secondary N) is 3. The maximum absolute atomic E-state index is 12.5. The number of likely N-dealkylation sites (N-methyl/N-ethyl adjacent to an activating group) is 1. The first-order chi connectivity index (χ1) is 15.6. The Morgan fingerprint density at radius 3 is 2.06 bits per heavy atom. The number of urea groups is 1. The van der Waals surface area contributed by atoms with Gasteiger partial charge in [-0.2, -0.15) is 0 Å². The van der Waals surface area contributed by atoms with Crippen LogP contribution in [-0.4, -0.2) is 48.4 Å². The SMILES string of the molecule is Cc1cc(C)c(NC(=O)CN(C)C(=O)CCNC(=O)NC23CC4CC(CC(C4)C2)C3)c(C)c1. The number of hydrogen-bond acceptors (Lipinski definition) is 3. The molecule has 4 bridgehead atoms. The summed E-state index contributed by atoms with van der Waals surface area (Å²) >= 11 is 0. The van der Waals surface area contributed by atoms with Gasteiger partial charge in [-0.3, -0.25) is 9.59 Å². The summed E-state index contributed by atoms with van der Waals surface area (Å²) in [5, 5.41) is 9.05. The van der Waals surface area contributed by atoms with Crippen molar-refractivity contribution >= 4 is 23.5 Å². The number of carbonyl (C=O) groups is 3. The fourth-order valence-electron chi connectivity index (χ4n) is 6.88. The molecule has 4 aliphatic carbocycles. The van der Waals surface area contributed by atoms with E-state index in [4.69, 9.17) is 0 Å². The highest BCUT2D eigenvalue weighted by atomic mass is 16.2. The van der Waals surface area contributed by atoms with Crippen LogP contribution in [0.15, 0.2) is 12.1 Å². The van der Waals surface area contributed by atoms with Gasteiger partial charge in [0, 0.05) is 31.2 Å². The fraction of sp³-hybridized carbons (Fsp3) is 0.654. The monoisotopic (exact) mass is 454 g/mol. The minimum Gasteiger partial charge on any atom is -0.338 e. The number of nitrogens with zero attached hydrogens (tertiary/aromatic N) is 1. The van der Waals surface area contributed by atoms with E-state index in [1.165, 1.54) is 24.2 Å². The zero-order valence-corrected chi connectivity index (χ0v) is 20.4. The van der Waals surface area contributed by atoms with Gasteiger partial charge in [-0.25, -0.2) is 4.79 Å². The molecule has 4 amide bonds. The predicted molar refractivity (Wildman–Crippen MR) is 129 cm³/mol. The van der Waals surface area contributed by atoms with Gasteiger partial charge in [0.1, 0.15) is 0 Å². The van der Waals surface area contributed by atoms with Crippen molar-refractivity contribution in [3.05, 3.63) is 28.8 Å². The van der Waals surface area contributed by atoms with Crippen LogP contribution in [-0.2, 0) is 9.59 Å². The normalized spacial score (nSPS) is 27.2. The van der Waals surface area contributed by atoms with Crippen LogP contribution in [0.25, 0.3) is 0 Å². The van der Waals surface area contributed by atoms with Gasteiger partial charge in [-0.15, -0.1) is 0 Å². The van der Waals surface area contributed by atoms with Crippen molar-refractivity contribution in [2.75, 3.05) is 25.5 Å². The highest BCUT2D eigenvalue weighted by molar-refractivity contribution is 5.95. The van der Waals surface area contributed by atoms with E-state index < -0.39 is 0 Å². The summed E-state index contributed by atoms with van der Waals surface area (Å²) in [6.07, 6.45) is 7.47. The van der Waals surface area contributed by atoms with Gasteiger partial charge < -0.3 is 20.9 Å². The largest absolute Gasteiger partial charge is 0.338 e. The molecule has 4 aliphatic rings. The van der Waals surface area contributed by atoms with Crippen LogP contribution < -0.4 is 16.0 Å². The lowest BCUT2D eigenvalue weighted by molar-refractivity contribution is -0.133. The third-order valence-electron chi connectivity index (χ3n) is 7.79. The number of hydrogen-bond donors (Lipinski definition) is 3. The first kappa shape index (κ1) is 23.6. The van der Waals surface area contributed by atoms with Crippen molar-refractivity contribution in [3.63, 3.8) is 0 Å². The molecule has 0 atom stereocenters. The Bertz CT molecular complexity index is 883. The molecule has 0 saturated heterocycles. The Labute approximate surface area is 197 Å². The van der Waals surface area contributed by atoms with Gasteiger partial charge in [0.05, 0.1) is 6.54 Å². The highest BCUT2D eigenvalue weighted by Gasteiger charge is 2.51. The second kappa shape index (κ2) is 9.35. The molecule has 0 aliphatic heterocycles. The van der Waals surface area contributed by atoms with Crippen LogP contribution in [0.3, 0.4) is 0 Å². The maximum atomic E-state index is 12.5. The smallest absolute Gasteiger partial charge is 0.315 e. The van der Waals surface area contributed by atoms with Crippen LogP contribution in [0, 0.1) is 38.5 Å².